The standard InChI is InChI=1S/C25H19F3N2O5S/c1-2-34-18-8-6-17(7-9-18)29-22(31)14-30-23(32)21(36-24(30)33)13-19-10-11-20(35-19)15-4-3-5-16(12-15)25(26,27)28/h3-13H,2,14H2,1H3,(H,29,31)/b21-13+. The summed E-state index contributed by atoms with van der Waals surface area (Å²) in [5.41, 5.74) is -0.130. The first-order chi connectivity index (χ1) is 17.1. The van der Waals surface area contributed by atoms with E-state index in [-0.39, 0.29) is 22.0 Å². The fourth-order valence-electron chi connectivity index (χ4n) is 3.35. The summed E-state index contributed by atoms with van der Waals surface area (Å²) < 4.78 is 49.9. The molecule has 1 aliphatic rings. The Morgan fingerprint density at radius 2 is 1.86 bits per heavy atom. The molecule has 7 nitrogen and oxygen atoms in total. The second-order valence-electron chi connectivity index (χ2n) is 7.55. The minimum atomic E-state index is -4.50. The van der Waals surface area contributed by atoms with Crippen LogP contribution in [-0.2, 0) is 15.8 Å². The molecular weight excluding hydrogens is 497 g/mol. The molecule has 1 fully saturated rings. The van der Waals surface area contributed by atoms with Gasteiger partial charge < -0.3 is 14.5 Å². The number of ether oxygens (including phenoxy) is 1. The van der Waals surface area contributed by atoms with Crippen molar-refractivity contribution in [3.05, 3.63) is 76.9 Å². The third-order valence-corrected chi connectivity index (χ3v) is 5.91. The number of carbonyl (C=O) groups excluding carboxylic acids is 3. The zero-order valence-corrected chi connectivity index (χ0v) is 19.6. The van der Waals surface area contributed by atoms with Crippen molar-refractivity contribution in [1.29, 1.82) is 0 Å². The van der Waals surface area contributed by atoms with E-state index in [2.05, 4.69) is 5.32 Å². The van der Waals surface area contributed by atoms with Gasteiger partial charge in [-0.05, 0) is 67.2 Å². The number of benzene rings is 2. The Morgan fingerprint density at radius 3 is 2.56 bits per heavy atom. The molecule has 3 amide bonds. The van der Waals surface area contributed by atoms with Crippen molar-refractivity contribution in [2.24, 2.45) is 0 Å². The van der Waals surface area contributed by atoms with Gasteiger partial charge in [-0.25, -0.2) is 0 Å². The monoisotopic (exact) mass is 516 g/mol. The first-order valence-electron chi connectivity index (χ1n) is 10.7. The first-order valence-corrected chi connectivity index (χ1v) is 11.5. The van der Waals surface area contributed by atoms with Crippen LogP contribution in [0, 0.1) is 0 Å². The van der Waals surface area contributed by atoms with E-state index in [0.29, 0.717) is 29.8 Å². The predicted molar refractivity (Wildman–Crippen MR) is 128 cm³/mol. The number of imide groups is 1. The number of thioether (sulfide) groups is 1. The van der Waals surface area contributed by atoms with Gasteiger partial charge in [0.1, 0.15) is 23.8 Å². The molecule has 186 valence electrons. The van der Waals surface area contributed by atoms with Gasteiger partial charge >= 0.3 is 6.18 Å². The number of alkyl halides is 3. The van der Waals surface area contributed by atoms with Crippen molar-refractivity contribution in [3.63, 3.8) is 0 Å². The molecule has 1 N–H and O–H groups in total. The Kier molecular flexibility index (Phi) is 7.20. The van der Waals surface area contributed by atoms with Gasteiger partial charge in [-0.15, -0.1) is 0 Å². The highest BCUT2D eigenvalue weighted by Gasteiger charge is 2.36. The third kappa shape index (κ3) is 5.80. The molecule has 36 heavy (non-hydrogen) atoms. The van der Waals surface area contributed by atoms with Gasteiger partial charge in [-0.1, -0.05) is 12.1 Å². The largest absolute Gasteiger partial charge is 0.494 e. The highest BCUT2D eigenvalue weighted by Crippen LogP contribution is 2.35. The highest BCUT2D eigenvalue weighted by molar-refractivity contribution is 8.18. The molecule has 1 aliphatic heterocycles. The summed E-state index contributed by atoms with van der Waals surface area (Å²) in [5.74, 6) is -0.259. The molecule has 0 saturated carbocycles. The lowest BCUT2D eigenvalue weighted by molar-refractivity contribution is -0.137. The molecule has 1 saturated heterocycles. The quantitative estimate of drug-likeness (QED) is 0.385. The Morgan fingerprint density at radius 1 is 1.11 bits per heavy atom. The molecule has 0 spiro atoms. The SMILES string of the molecule is CCOc1ccc(NC(=O)CN2C(=O)S/C(=C/c3ccc(-c4cccc(C(F)(F)F)c4)o3)C2=O)cc1. The lowest BCUT2D eigenvalue weighted by atomic mass is 10.1. The Hall–Kier alpha value is -3.99. The van der Waals surface area contributed by atoms with Gasteiger partial charge in [0.15, 0.2) is 0 Å². The van der Waals surface area contributed by atoms with E-state index in [1.807, 2.05) is 6.92 Å². The van der Waals surface area contributed by atoms with Crippen LogP contribution in [0.25, 0.3) is 17.4 Å². The summed E-state index contributed by atoms with van der Waals surface area (Å²) in [6, 6.07) is 14.2. The fraction of sp³-hybridized carbons (Fsp3) is 0.160. The van der Waals surface area contributed by atoms with Crippen LogP contribution in [0.15, 0.2) is 70.0 Å². The maximum absolute atomic E-state index is 13.0. The number of halogens is 3. The summed E-state index contributed by atoms with van der Waals surface area (Å²) in [6.07, 6.45) is -3.18. The Balaban J connectivity index is 1.42. The lowest BCUT2D eigenvalue weighted by Gasteiger charge is -2.12. The van der Waals surface area contributed by atoms with E-state index in [1.165, 1.54) is 30.3 Å². The molecule has 0 radical (unpaired) electrons. The molecule has 0 aliphatic carbocycles. The molecular formula is C25H19F3N2O5S. The van der Waals surface area contributed by atoms with Crippen molar-refractivity contribution in [3.8, 4) is 17.1 Å². The molecule has 2 heterocycles. The van der Waals surface area contributed by atoms with Crippen LogP contribution in [0.3, 0.4) is 0 Å². The number of nitrogens with one attached hydrogen (secondary N) is 1. The zero-order valence-electron chi connectivity index (χ0n) is 18.8. The van der Waals surface area contributed by atoms with Gasteiger partial charge in [0, 0.05) is 17.3 Å². The van der Waals surface area contributed by atoms with E-state index in [1.54, 1.807) is 24.3 Å². The van der Waals surface area contributed by atoms with Crippen LogP contribution in [-0.4, -0.2) is 35.1 Å². The predicted octanol–water partition coefficient (Wildman–Crippen LogP) is 6.04. The van der Waals surface area contributed by atoms with Crippen LogP contribution in [0.2, 0.25) is 0 Å². The van der Waals surface area contributed by atoms with Crippen LogP contribution in [0.5, 0.6) is 5.75 Å². The van der Waals surface area contributed by atoms with Crippen molar-refractivity contribution in [2.75, 3.05) is 18.5 Å². The van der Waals surface area contributed by atoms with E-state index >= 15 is 0 Å². The second-order valence-corrected chi connectivity index (χ2v) is 8.55. The summed E-state index contributed by atoms with van der Waals surface area (Å²) >= 11 is 0.636. The number of amides is 3. The average molecular weight is 516 g/mol. The summed E-state index contributed by atoms with van der Waals surface area (Å²) in [6.45, 7) is 1.87. The maximum atomic E-state index is 13.0. The smallest absolute Gasteiger partial charge is 0.416 e. The fourth-order valence-corrected chi connectivity index (χ4v) is 4.16. The number of carbonyl (C=O) groups is 3. The van der Waals surface area contributed by atoms with Crippen LogP contribution < -0.4 is 10.1 Å². The summed E-state index contributed by atoms with van der Waals surface area (Å²) in [7, 11) is 0. The minimum absolute atomic E-state index is 0.0267. The molecule has 0 atom stereocenters. The number of rotatable bonds is 7. The number of hydrogen-bond acceptors (Lipinski definition) is 6. The number of nitrogens with zero attached hydrogens (tertiary/aromatic N) is 1. The van der Waals surface area contributed by atoms with Gasteiger partial charge in [-0.2, -0.15) is 13.2 Å². The first kappa shape index (κ1) is 25.1. The number of hydrogen-bond donors (Lipinski definition) is 1. The average Bonchev–Trinajstić information content (AvgIpc) is 3.40. The molecule has 3 aromatic rings. The van der Waals surface area contributed by atoms with Crippen molar-refractivity contribution in [1.82, 2.24) is 4.90 Å². The summed E-state index contributed by atoms with van der Waals surface area (Å²) in [4.78, 5) is 38.3. The van der Waals surface area contributed by atoms with Crippen LogP contribution in [0.1, 0.15) is 18.2 Å². The maximum Gasteiger partial charge on any atom is 0.416 e. The zero-order chi connectivity index (χ0) is 25.9. The van der Waals surface area contributed by atoms with Crippen LogP contribution in [0.4, 0.5) is 23.7 Å². The number of furan rings is 1. The third-order valence-electron chi connectivity index (χ3n) is 5.00. The Labute approximate surface area is 207 Å². The second kappa shape index (κ2) is 10.3. The molecule has 11 heteroatoms. The van der Waals surface area contributed by atoms with Gasteiger partial charge in [0.05, 0.1) is 17.1 Å². The molecule has 4 rings (SSSR count). The van der Waals surface area contributed by atoms with E-state index in [0.717, 1.165) is 17.0 Å². The molecule has 0 bridgehead atoms. The molecule has 1 aromatic heterocycles. The Bertz CT molecular complexity index is 1330. The minimum Gasteiger partial charge on any atom is -0.494 e. The van der Waals surface area contributed by atoms with Crippen molar-refractivity contribution in [2.45, 2.75) is 13.1 Å². The molecule has 2 aromatic carbocycles. The normalized spacial score (nSPS) is 15.0. The summed E-state index contributed by atoms with van der Waals surface area (Å²) in [5, 5.41) is 1.99. The van der Waals surface area contributed by atoms with E-state index < -0.39 is 35.3 Å². The lowest BCUT2D eigenvalue weighted by Crippen LogP contribution is -2.36. The van der Waals surface area contributed by atoms with Gasteiger partial charge in [-0.3, -0.25) is 19.3 Å². The van der Waals surface area contributed by atoms with Crippen molar-refractivity contribution >= 4 is 40.6 Å². The molecule has 0 unspecified atom stereocenters. The number of anilines is 1. The topological polar surface area (TPSA) is 88.8 Å². The van der Waals surface area contributed by atoms with Gasteiger partial charge in [0.2, 0.25) is 5.91 Å². The highest BCUT2D eigenvalue weighted by atomic mass is 32.2. The van der Waals surface area contributed by atoms with E-state index in [4.69, 9.17) is 9.15 Å². The van der Waals surface area contributed by atoms with Crippen molar-refractivity contribution < 1.29 is 36.7 Å². The van der Waals surface area contributed by atoms with E-state index in [9.17, 15) is 27.6 Å². The van der Waals surface area contributed by atoms with Gasteiger partial charge in [0.25, 0.3) is 11.1 Å². The van der Waals surface area contributed by atoms with Crippen LogP contribution >= 0.6 is 11.8 Å².